The molecule has 1 aromatic heterocycles. The second-order valence-corrected chi connectivity index (χ2v) is 8.68. The average Bonchev–Trinajstić information content (AvgIpc) is 2.78. The first-order valence-electron chi connectivity index (χ1n) is 9.45. The normalized spacial score (nSPS) is 10.9. The van der Waals surface area contributed by atoms with Gasteiger partial charge in [0.2, 0.25) is 0 Å². The second-order valence-electron chi connectivity index (χ2n) is 6.69. The molecule has 0 radical (unpaired) electrons. The lowest BCUT2D eigenvalue weighted by atomic mass is 10.1. The van der Waals surface area contributed by atoms with Crippen LogP contribution in [0.3, 0.4) is 0 Å². The molecular weight excluding hydrogens is 416 g/mol. The van der Waals surface area contributed by atoms with Gasteiger partial charge in [-0.2, -0.15) is 0 Å². The molecule has 3 rings (SSSR count). The predicted octanol–water partition coefficient (Wildman–Crippen LogP) is 2.74. The number of urea groups is 1. The zero-order chi connectivity index (χ0) is 22.3. The van der Waals surface area contributed by atoms with Crippen LogP contribution in [0.25, 0.3) is 0 Å². The molecular formula is C22H22N4O4S. The molecule has 0 unspecified atom stereocenters. The Morgan fingerprint density at radius 1 is 0.968 bits per heavy atom. The molecule has 9 heteroatoms. The van der Waals surface area contributed by atoms with E-state index in [9.17, 15) is 18.0 Å². The van der Waals surface area contributed by atoms with Gasteiger partial charge >= 0.3 is 6.03 Å². The Labute approximate surface area is 180 Å². The summed E-state index contributed by atoms with van der Waals surface area (Å²) in [6.45, 7) is 0.316. The van der Waals surface area contributed by atoms with Gasteiger partial charge in [0.1, 0.15) is 0 Å². The Kier molecular flexibility index (Phi) is 6.99. The number of hydrogen-bond acceptors (Lipinski definition) is 5. The number of amides is 3. The molecule has 160 valence electrons. The number of pyridine rings is 1. The Bertz CT molecular complexity index is 1160. The van der Waals surface area contributed by atoms with Crippen molar-refractivity contribution in [1.29, 1.82) is 0 Å². The van der Waals surface area contributed by atoms with E-state index in [0.717, 1.165) is 5.56 Å². The fraction of sp³-hybridized carbons (Fsp3) is 0.136. The molecule has 3 amide bonds. The fourth-order valence-electron chi connectivity index (χ4n) is 2.90. The van der Waals surface area contributed by atoms with Crippen LogP contribution in [-0.4, -0.2) is 32.4 Å². The Hall–Kier alpha value is -3.72. The molecule has 0 saturated heterocycles. The van der Waals surface area contributed by atoms with Crippen molar-refractivity contribution in [3.05, 3.63) is 89.7 Å². The molecule has 3 aromatic rings. The minimum atomic E-state index is -3.68. The maximum Gasteiger partial charge on any atom is 0.319 e. The third kappa shape index (κ3) is 5.89. The quantitative estimate of drug-likeness (QED) is 0.524. The maximum atomic E-state index is 12.8. The van der Waals surface area contributed by atoms with Crippen LogP contribution in [0, 0.1) is 0 Å². The van der Waals surface area contributed by atoms with Gasteiger partial charge in [-0.3, -0.25) is 9.78 Å². The van der Waals surface area contributed by atoms with Crippen molar-refractivity contribution >= 4 is 27.5 Å². The monoisotopic (exact) mass is 438 g/mol. The molecule has 1 heterocycles. The van der Waals surface area contributed by atoms with Crippen LogP contribution in [-0.2, 0) is 22.1 Å². The Morgan fingerprint density at radius 2 is 1.71 bits per heavy atom. The number of nitrogens with one attached hydrogen (secondary N) is 3. The van der Waals surface area contributed by atoms with E-state index in [1.807, 2.05) is 6.07 Å². The van der Waals surface area contributed by atoms with Crippen LogP contribution in [0.15, 0.2) is 78.0 Å². The highest BCUT2D eigenvalue weighted by atomic mass is 32.2. The minimum Gasteiger partial charge on any atom is -0.355 e. The zero-order valence-corrected chi connectivity index (χ0v) is 17.6. The van der Waals surface area contributed by atoms with Gasteiger partial charge in [-0.1, -0.05) is 24.3 Å². The van der Waals surface area contributed by atoms with E-state index in [-0.39, 0.29) is 16.6 Å². The molecule has 0 aliphatic rings. The first-order chi connectivity index (χ1) is 14.9. The highest BCUT2D eigenvalue weighted by Gasteiger charge is 2.19. The number of aromatic nitrogens is 1. The van der Waals surface area contributed by atoms with Gasteiger partial charge in [0.25, 0.3) is 5.91 Å². The molecule has 0 saturated carbocycles. The van der Waals surface area contributed by atoms with Crippen LogP contribution < -0.4 is 16.0 Å². The summed E-state index contributed by atoms with van der Waals surface area (Å²) in [7, 11) is -2.19. The standard InChI is InChI=1S/C22H22N4O4S/c1-23-21(27)20-7-3-2-6-17(20)15-31(29,30)19-10-8-18(9-11-19)26-22(28)25-14-16-5-4-12-24-13-16/h2-13H,14-15H2,1H3,(H,23,27)(H2,25,26,28). The van der Waals surface area contributed by atoms with Crippen molar-refractivity contribution in [2.75, 3.05) is 12.4 Å². The van der Waals surface area contributed by atoms with Gasteiger partial charge in [0, 0.05) is 37.2 Å². The van der Waals surface area contributed by atoms with Gasteiger partial charge < -0.3 is 16.0 Å². The molecule has 0 bridgehead atoms. The number of rotatable bonds is 7. The van der Waals surface area contributed by atoms with Crippen LogP contribution in [0.4, 0.5) is 10.5 Å². The van der Waals surface area contributed by atoms with Crippen molar-refractivity contribution in [3.8, 4) is 0 Å². The highest BCUT2D eigenvalue weighted by molar-refractivity contribution is 7.90. The molecule has 0 atom stereocenters. The summed E-state index contributed by atoms with van der Waals surface area (Å²) in [5.74, 6) is -0.655. The van der Waals surface area contributed by atoms with E-state index in [1.165, 1.54) is 31.3 Å². The lowest BCUT2D eigenvalue weighted by Gasteiger charge is -2.11. The fourth-order valence-corrected chi connectivity index (χ4v) is 4.27. The van der Waals surface area contributed by atoms with E-state index in [0.29, 0.717) is 23.4 Å². The summed E-state index contributed by atoms with van der Waals surface area (Å²) >= 11 is 0. The second kappa shape index (κ2) is 9.86. The van der Waals surface area contributed by atoms with E-state index in [2.05, 4.69) is 20.9 Å². The van der Waals surface area contributed by atoms with Crippen molar-refractivity contribution in [3.63, 3.8) is 0 Å². The highest BCUT2D eigenvalue weighted by Crippen LogP contribution is 2.21. The van der Waals surface area contributed by atoms with Crippen LogP contribution >= 0.6 is 0 Å². The topological polar surface area (TPSA) is 117 Å². The van der Waals surface area contributed by atoms with E-state index in [4.69, 9.17) is 0 Å². The van der Waals surface area contributed by atoms with E-state index >= 15 is 0 Å². The number of anilines is 1. The number of carbonyl (C=O) groups excluding carboxylic acids is 2. The smallest absolute Gasteiger partial charge is 0.319 e. The molecule has 0 fully saturated rings. The molecule has 0 aliphatic heterocycles. The van der Waals surface area contributed by atoms with Crippen molar-refractivity contribution < 1.29 is 18.0 Å². The van der Waals surface area contributed by atoms with Crippen LogP contribution in [0.1, 0.15) is 21.5 Å². The summed E-state index contributed by atoms with van der Waals surface area (Å²) in [4.78, 5) is 28.1. The summed E-state index contributed by atoms with van der Waals surface area (Å²) < 4.78 is 25.6. The van der Waals surface area contributed by atoms with Gasteiger partial charge in [0.05, 0.1) is 10.6 Å². The third-order valence-electron chi connectivity index (χ3n) is 4.48. The number of hydrogen-bond donors (Lipinski definition) is 3. The largest absolute Gasteiger partial charge is 0.355 e. The Balaban J connectivity index is 1.65. The molecule has 3 N–H and O–H groups in total. The molecule has 2 aromatic carbocycles. The van der Waals surface area contributed by atoms with Gasteiger partial charge in [-0.15, -0.1) is 0 Å². The van der Waals surface area contributed by atoms with Gasteiger partial charge in [-0.25, -0.2) is 13.2 Å². The molecule has 31 heavy (non-hydrogen) atoms. The first kappa shape index (κ1) is 22.0. The van der Waals surface area contributed by atoms with Gasteiger partial charge in [-0.05, 0) is 47.5 Å². The van der Waals surface area contributed by atoms with Crippen LogP contribution in [0.2, 0.25) is 0 Å². The lowest BCUT2D eigenvalue weighted by Crippen LogP contribution is -2.28. The maximum absolute atomic E-state index is 12.8. The number of benzene rings is 2. The zero-order valence-electron chi connectivity index (χ0n) is 16.8. The molecule has 8 nitrogen and oxygen atoms in total. The van der Waals surface area contributed by atoms with Crippen molar-refractivity contribution in [1.82, 2.24) is 15.6 Å². The number of nitrogens with zero attached hydrogens (tertiary/aromatic N) is 1. The average molecular weight is 439 g/mol. The van der Waals surface area contributed by atoms with Crippen molar-refractivity contribution in [2.24, 2.45) is 0 Å². The molecule has 0 aliphatic carbocycles. The predicted molar refractivity (Wildman–Crippen MR) is 117 cm³/mol. The lowest BCUT2D eigenvalue weighted by molar-refractivity contribution is 0.0962. The molecule has 0 spiro atoms. The van der Waals surface area contributed by atoms with Crippen LogP contribution in [0.5, 0.6) is 0 Å². The number of sulfone groups is 1. The van der Waals surface area contributed by atoms with E-state index < -0.39 is 15.9 Å². The summed E-state index contributed by atoms with van der Waals surface area (Å²) in [6.07, 6.45) is 3.30. The minimum absolute atomic E-state index is 0.0977. The summed E-state index contributed by atoms with van der Waals surface area (Å²) in [5.41, 5.74) is 2.04. The SMILES string of the molecule is CNC(=O)c1ccccc1CS(=O)(=O)c1ccc(NC(=O)NCc2cccnc2)cc1. The number of carbonyl (C=O) groups is 2. The van der Waals surface area contributed by atoms with Crippen molar-refractivity contribution in [2.45, 2.75) is 17.2 Å². The third-order valence-corrected chi connectivity index (χ3v) is 6.16. The Morgan fingerprint density at radius 3 is 2.39 bits per heavy atom. The summed E-state index contributed by atoms with van der Waals surface area (Å²) in [6, 6.07) is 15.7. The first-order valence-corrected chi connectivity index (χ1v) is 11.1. The summed E-state index contributed by atoms with van der Waals surface area (Å²) in [5, 5.41) is 7.87. The van der Waals surface area contributed by atoms with Gasteiger partial charge in [0.15, 0.2) is 9.84 Å². The van der Waals surface area contributed by atoms with E-state index in [1.54, 1.807) is 42.7 Å².